The normalized spacial score (nSPS) is 11.2. The van der Waals surface area contributed by atoms with Crippen LogP contribution in [-0.4, -0.2) is 22.1 Å². The summed E-state index contributed by atoms with van der Waals surface area (Å²) in [4.78, 5) is 12.0. The average Bonchev–Trinajstić information content (AvgIpc) is 3.09. The van der Waals surface area contributed by atoms with Crippen molar-refractivity contribution < 1.29 is 22.7 Å². The maximum atomic E-state index is 12.1. The van der Waals surface area contributed by atoms with Crippen LogP contribution in [0.25, 0.3) is 0 Å². The Hall–Kier alpha value is -3.29. The number of alkyl halides is 3. The fraction of sp³-hybridized carbons (Fsp3) is 0.200. The molecule has 2 aromatic carbocycles. The molecule has 1 amide bonds. The Bertz CT molecular complexity index is 906. The van der Waals surface area contributed by atoms with Crippen LogP contribution in [0, 0.1) is 0 Å². The largest absolute Gasteiger partial charge is 0.573 e. The zero-order valence-electron chi connectivity index (χ0n) is 14.8. The van der Waals surface area contributed by atoms with Crippen molar-refractivity contribution in [2.24, 2.45) is 0 Å². The molecule has 0 atom stereocenters. The molecule has 0 fully saturated rings. The molecule has 1 N–H and O–H groups in total. The van der Waals surface area contributed by atoms with Gasteiger partial charge in [0.1, 0.15) is 5.75 Å². The lowest BCUT2D eigenvalue weighted by atomic mass is 10.1. The lowest BCUT2D eigenvalue weighted by Crippen LogP contribution is -2.24. The second-order valence-electron chi connectivity index (χ2n) is 6.18. The van der Waals surface area contributed by atoms with Crippen LogP contribution >= 0.6 is 0 Å². The molecule has 28 heavy (non-hydrogen) atoms. The van der Waals surface area contributed by atoms with Gasteiger partial charge in [0.05, 0.1) is 19.2 Å². The van der Waals surface area contributed by atoms with Crippen molar-refractivity contribution in [1.29, 1.82) is 0 Å². The Morgan fingerprint density at radius 2 is 1.71 bits per heavy atom. The summed E-state index contributed by atoms with van der Waals surface area (Å²) in [5.74, 6) is -0.553. The first-order valence-corrected chi connectivity index (χ1v) is 8.54. The van der Waals surface area contributed by atoms with E-state index in [1.165, 1.54) is 24.3 Å². The van der Waals surface area contributed by atoms with Crippen LogP contribution < -0.4 is 10.1 Å². The number of benzene rings is 2. The predicted octanol–water partition coefficient (Wildman–Crippen LogP) is 3.69. The lowest BCUT2D eigenvalue weighted by Gasteiger charge is -2.09. The zero-order chi connectivity index (χ0) is 20.0. The maximum absolute atomic E-state index is 12.1. The van der Waals surface area contributed by atoms with Crippen molar-refractivity contribution in [2.45, 2.75) is 25.9 Å². The molecular weight excluding hydrogens is 371 g/mol. The van der Waals surface area contributed by atoms with Crippen LogP contribution in [0.4, 0.5) is 13.2 Å². The summed E-state index contributed by atoms with van der Waals surface area (Å²) in [6.07, 6.45) is -1.13. The van der Waals surface area contributed by atoms with Crippen LogP contribution in [0.5, 0.6) is 5.75 Å². The number of hydrogen-bond donors (Lipinski definition) is 1. The van der Waals surface area contributed by atoms with Gasteiger partial charge in [0.15, 0.2) is 0 Å². The summed E-state index contributed by atoms with van der Waals surface area (Å²) in [7, 11) is 0. The minimum absolute atomic E-state index is 0.0600. The van der Waals surface area contributed by atoms with E-state index in [0.717, 1.165) is 11.1 Å². The third kappa shape index (κ3) is 6.15. The number of hydrogen-bond acceptors (Lipinski definition) is 3. The lowest BCUT2D eigenvalue weighted by molar-refractivity contribution is -0.274. The Morgan fingerprint density at radius 1 is 1.00 bits per heavy atom. The minimum Gasteiger partial charge on any atom is -0.406 e. The molecule has 0 spiro atoms. The van der Waals surface area contributed by atoms with Crippen molar-refractivity contribution in [3.8, 4) is 5.75 Å². The highest BCUT2D eigenvalue weighted by Crippen LogP contribution is 2.22. The van der Waals surface area contributed by atoms with Crippen LogP contribution in [0.2, 0.25) is 0 Å². The van der Waals surface area contributed by atoms with Crippen molar-refractivity contribution in [2.75, 3.05) is 0 Å². The molecule has 3 aromatic rings. The summed E-state index contributed by atoms with van der Waals surface area (Å²) >= 11 is 0. The molecule has 0 saturated carbocycles. The van der Waals surface area contributed by atoms with E-state index < -0.39 is 6.36 Å². The van der Waals surface area contributed by atoms with Gasteiger partial charge < -0.3 is 10.1 Å². The molecule has 146 valence electrons. The SMILES string of the molecule is O=C(Cc1ccc(OC(F)(F)F)cc1)NCc1cnn(Cc2ccccc2)c1. The van der Waals surface area contributed by atoms with E-state index in [1.54, 1.807) is 10.9 Å². The monoisotopic (exact) mass is 389 g/mol. The highest BCUT2D eigenvalue weighted by Gasteiger charge is 2.30. The van der Waals surface area contributed by atoms with Gasteiger partial charge in [-0.15, -0.1) is 13.2 Å². The van der Waals surface area contributed by atoms with Gasteiger partial charge in [-0.1, -0.05) is 42.5 Å². The molecular formula is C20H18F3N3O2. The van der Waals surface area contributed by atoms with Crippen molar-refractivity contribution in [3.63, 3.8) is 0 Å². The number of amides is 1. The Labute approximate surface area is 159 Å². The molecule has 1 heterocycles. The Morgan fingerprint density at radius 3 is 2.39 bits per heavy atom. The highest BCUT2D eigenvalue weighted by atomic mass is 19.4. The van der Waals surface area contributed by atoms with Gasteiger partial charge in [-0.25, -0.2) is 0 Å². The molecule has 0 saturated heterocycles. The summed E-state index contributed by atoms with van der Waals surface area (Å²) < 4.78 is 42.0. The fourth-order valence-electron chi connectivity index (χ4n) is 2.61. The molecule has 1 aromatic heterocycles. The maximum Gasteiger partial charge on any atom is 0.573 e. The first-order chi connectivity index (χ1) is 13.4. The minimum atomic E-state index is -4.73. The Balaban J connectivity index is 1.47. The number of carbonyl (C=O) groups excluding carboxylic acids is 1. The smallest absolute Gasteiger partial charge is 0.406 e. The van der Waals surface area contributed by atoms with Crippen LogP contribution in [0.1, 0.15) is 16.7 Å². The number of halogens is 3. The summed E-state index contributed by atoms with van der Waals surface area (Å²) in [6.45, 7) is 0.962. The van der Waals surface area contributed by atoms with E-state index in [-0.39, 0.29) is 18.1 Å². The van der Waals surface area contributed by atoms with Gasteiger partial charge in [0.25, 0.3) is 0 Å². The molecule has 0 aliphatic carbocycles. The zero-order valence-corrected chi connectivity index (χ0v) is 14.8. The fourth-order valence-corrected chi connectivity index (χ4v) is 2.61. The average molecular weight is 389 g/mol. The molecule has 0 aliphatic rings. The van der Waals surface area contributed by atoms with E-state index in [4.69, 9.17) is 0 Å². The van der Waals surface area contributed by atoms with Gasteiger partial charge in [0.2, 0.25) is 5.91 Å². The first-order valence-electron chi connectivity index (χ1n) is 8.54. The second kappa shape index (κ2) is 8.60. The van der Waals surface area contributed by atoms with Gasteiger partial charge >= 0.3 is 6.36 Å². The van der Waals surface area contributed by atoms with Gasteiger partial charge in [0, 0.05) is 18.3 Å². The van der Waals surface area contributed by atoms with E-state index in [2.05, 4.69) is 15.2 Å². The molecule has 3 rings (SSSR count). The summed E-state index contributed by atoms with van der Waals surface area (Å²) in [5.41, 5.74) is 2.57. The van der Waals surface area contributed by atoms with Crippen LogP contribution in [-0.2, 0) is 24.3 Å². The van der Waals surface area contributed by atoms with Gasteiger partial charge in [-0.05, 0) is 23.3 Å². The first kappa shape index (κ1) is 19.5. The standard InChI is InChI=1S/C20H18F3N3O2/c21-20(22,23)28-18-8-6-15(7-9-18)10-19(27)24-11-17-12-25-26(14-17)13-16-4-2-1-3-5-16/h1-9,12,14H,10-11,13H2,(H,24,27). The van der Waals surface area contributed by atoms with Crippen molar-refractivity contribution >= 4 is 5.91 Å². The topological polar surface area (TPSA) is 56.1 Å². The highest BCUT2D eigenvalue weighted by molar-refractivity contribution is 5.78. The number of rotatable bonds is 7. The van der Waals surface area contributed by atoms with E-state index in [1.807, 2.05) is 36.5 Å². The Kier molecular flexibility index (Phi) is 5.98. The third-order valence-electron chi connectivity index (χ3n) is 3.89. The second-order valence-corrected chi connectivity index (χ2v) is 6.18. The number of ether oxygens (including phenoxy) is 1. The van der Waals surface area contributed by atoms with E-state index in [0.29, 0.717) is 18.7 Å². The summed E-state index contributed by atoms with van der Waals surface area (Å²) in [5, 5.41) is 7.05. The molecule has 0 aliphatic heterocycles. The number of carbonyl (C=O) groups is 1. The van der Waals surface area contributed by atoms with Crippen LogP contribution in [0.3, 0.4) is 0 Å². The van der Waals surface area contributed by atoms with Gasteiger partial charge in [-0.3, -0.25) is 9.48 Å². The van der Waals surface area contributed by atoms with Crippen molar-refractivity contribution in [1.82, 2.24) is 15.1 Å². The number of aromatic nitrogens is 2. The molecule has 0 radical (unpaired) electrons. The molecule has 8 heteroatoms. The number of nitrogens with one attached hydrogen (secondary N) is 1. The van der Waals surface area contributed by atoms with Crippen LogP contribution in [0.15, 0.2) is 67.0 Å². The van der Waals surface area contributed by atoms with E-state index >= 15 is 0 Å². The molecule has 0 unspecified atom stereocenters. The molecule has 5 nitrogen and oxygen atoms in total. The summed E-state index contributed by atoms with van der Waals surface area (Å²) in [6, 6.07) is 15.1. The van der Waals surface area contributed by atoms with Gasteiger partial charge in [-0.2, -0.15) is 5.10 Å². The molecule has 0 bridgehead atoms. The third-order valence-corrected chi connectivity index (χ3v) is 3.89. The van der Waals surface area contributed by atoms with Crippen molar-refractivity contribution in [3.05, 3.63) is 83.7 Å². The quantitative estimate of drug-likeness (QED) is 0.671. The number of nitrogens with zero attached hydrogens (tertiary/aromatic N) is 2. The van der Waals surface area contributed by atoms with E-state index in [9.17, 15) is 18.0 Å². The predicted molar refractivity (Wildman–Crippen MR) is 96.4 cm³/mol.